The number of nitrogens with zero attached hydrogens (tertiary/aromatic N) is 3. The molecule has 3 aliphatic rings. The van der Waals surface area contributed by atoms with Gasteiger partial charge in [0, 0.05) is 56.4 Å². The summed E-state index contributed by atoms with van der Waals surface area (Å²) in [5, 5.41) is 9.40. The highest BCUT2D eigenvalue weighted by molar-refractivity contribution is 5.87. The monoisotopic (exact) mass is 647 g/mol. The Labute approximate surface area is 268 Å². The molecular weight excluding hydrogens is 602 g/mol. The Morgan fingerprint density at radius 1 is 0.957 bits per heavy atom. The third-order valence-corrected chi connectivity index (χ3v) is 10.0. The van der Waals surface area contributed by atoms with Crippen molar-refractivity contribution in [3.05, 3.63) is 59.2 Å². The van der Waals surface area contributed by atoms with E-state index in [0.717, 1.165) is 17.2 Å². The lowest BCUT2D eigenvalue weighted by Crippen LogP contribution is -2.53. The van der Waals surface area contributed by atoms with E-state index in [1.807, 2.05) is 49.6 Å². The van der Waals surface area contributed by atoms with Crippen LogP contribution < -0.4 is 9.64 Å². The highest BCUT2D eigenvalue weighted by Gasteiger charge is 2.57. The summed E-state index contributed by atoms with van der Waals surface area (Å²) in [7, 11) is 0. The first-order valence-corrected chi connectivity index (χ1v) is 16.3. The van der Waals surface area contributed by atoms with Crippen molar-refractivity contribution in [1.29, 1.82) is 0 Å². The fourth-order valence-corrected chi connectivity index (χ4v) is 7.24. The second-order valence-corrected chi connectivity index (χ2v) is 13.9. The van der Waals surface area contributed by atoms with Crippen LogP contribution in [0.2, 0.25) is 0 Å². The molecule has 5 rings (SSSR count). The SMILES string of the molecule is CCOc1ccc([C@@H]2CN(C(C)(C)C)C[C@@]2(F)C(=O)N2CCC(c3ccc(C(F)(F)F)cc3N3CCC(C(=O)O)CC3)CC2)cc1. The van der Waals surface area contributed by atoms with Gasteiger partial charge in [-0.25, -0.2) is 4.39 Å². The Balaban J connectivity index is 1.35. The van der Waals surface area contributed by atoms with Gasteiger partial charge in [-0.3, -0.25) is 14.5 Å². The summed E-state index contributed by atoms with van der Waals surface area (Å²) in [6, 6.07) is 11.1. The standard InChI is InChI=1S/C35H45F4N3O4/c1-5-46-27-9-6-24(7-10-27)29-21-42(33(2,3)4)22-34(29,36)32(45)41-18-12-23(13-19-41)28-11-8-26(35(37,38)39)20-30(28)40-16-14-25(15-17-40)31(43)44/h6-11,20,23,25,29H,5,12-19,21-22H2,1-4H3,(H,43,44)/t29-,34-/m0/s1. The average Bonchev–Trinajstić information content (AvgIpc) is 3.40. The number of alkyl halides is 4. The maximum Gasteiger partial charge on any atom is 0.416 e. The maximum absolute atomic E-state index is 17.2. The van der Waals surface area contributed by atoms with Gasteiger partial charge < -0.3 is 19.6 Å². The fraction of sp³-hybridized carbons (Fsp3) is 0.600. The van der Waals surface area contributed by atoms with Crippen molar-refractivity contribution in [2.24, 2.45) is 5.92 Å². The van der Waals surface area contributed by atoms with Crippen LogP contribution in [0, 0.1) is 5.92 Å². The predicted octanol–water partition coefficient (Wildman–Crippen LogP) is 6.72. The lowest BCUT2D eigenvalue weighted by Gasteiger charge is -2.39. The minimum absolute atomic E-state index is 0.0253. The first-order chi connectivity index (χ1) is 21.6. The molecule has 3 fully saturated rings. The molecule has 2 aromatic rings. The molecule has 1 N–H and O–H groups in total. The van der Waals surface area contributed by atoms with Gasteiger partial charge in [0.2, 0.25) is 5.67 Å². The summed E-state index contributed by atoms with van der Waals surface area (Å²) >= 11 is 0. The average molecular weight is 648 g/mol. The quantitative estimate of drug-likeness (QED) is 0.337. The van der Waals surface area contributed by atoms with Crippen LogP contribution in [0.3, 0.4) is 0 Å². The van der Waals surface area contributed by atoms with Crippen LogP contribution in [0.4, 0.5) is 23.2 Å². The van der Waals surface area contributed by atoms with Crippen molar-refractivity contribution >= 4 is 17.6 Å². The van der Waals surface area contributed by atoms with Gasteiger partial charge in [-0.1, -0.05) is 18.2 Å². The number of hydrogen-bond acceptors (Lipinski definition) is 5. The van der Waals surface area contributed by atoms with Gasteiger partial charge in [-0.15, -0.1) is 0 Å². The van der Waals surface area contributed by atoms with Crippen LogP contribution in [0.5, 0.6) is 5.75 Å². The van der Waals surface area contributed by atoms with Gasteiger partial charge in [-0.05, 0) is 94.7 Å². The number of benzene rings is 2. The molecule has 3 aliphatic heterocycles. The number of carbonyl (C=O) groups excluding carboxylic acids is 1. The maximum atomic E-state index is 17.2. The molecule has 0 aliphatic carbocycles. The number of hydrogen-bond donors (Lipinski definition) is 1. The second-order valence-electron chi connectivity index (χ2n) is 13.9. The third-order valence-electron chi connectivity index (χ3n) is 10.0. The highest BCUT2D eigenvalue weighted by atomic mass is 19.4. The van der Waals surface area contributed by atoms with Crippen molar-refractivity contribution in [1.82, 2.24) is 9.80 Å². The molecule has 0 bridgehead atoms. The Hall–Kier alpha value is -3.34. The summed E-state index contributed by atoms with van der Waals surface area (Å²) in [6.07, 6.45) is -2.82. The topological polar surface area (TPSA) is 73.3 Å². The van der Waals surface area contributed by atoms with Gasteiger partial charge in [0.25, 0.3) is 5.91 Å². The lowest BCUT2D eigenvalue weighted by molar-refractivity contribution is -0.145. The lowest BCUT2D eigenvalue weighted by atomic mass is 9.83. The number of aliphatic carboxylic acids is 1. The smallest absolute Gasteiger partial charge is 0.416 e. The fourth-order valence-electron chi connectivity index (χ4n) is 7.24. The number of anilines is 1. The summed E-state index contributed by atoms with van der Waals surface area (Å²) in [4.78, 5) is 31.0. The summed E-state index contributed by atoms with van der Waals surface area (Å²) in [5.41, 5.74) is -1.26. The molecule has 3 heterocycles. The van der Waals surface area contributed by atoms with Gasteiger partial charge in [0.1, 0.15) is 5.75 Å². The molecule has 2 atom stereocenters. The minimum atomic E-state index is -4.51. The van der Waals surface area contributed by atoms with E-state index in [2.05, 4.69) is 0 Å². The number of likely N-dealkylation sites (tertiary alicyclic amines) is 2. The minimum Gasteiger partial charge on any atom is -0.494 e. The Morgan fingerprint density at radius 2 is 1.59 bits per heavy atom. The zero-order valence-corrected chi connectivity index (χ0v) is 27.1. The van der Waals surface area contributed by atoms with Crippen molar-refractivity contribution in [3.8, 4) is 5.75 Å². The molecule has 7 nitrogen and oxygen atoms in total. The van der Waals surface area contributed by atoms with Crippen molar-refractivity contribution in [2.45, 2.75) is 82.6 Å². The van der Waals surface area contributed by atoms with Crippen LogP contribution >= 0.6 is 0 Å². The zero-order chi connectivity index (χ0) is 33.4. The van der Waals surface area contributed by atoms with Gasteiger partial charge in [0.05, 0.1) is 18.1 Å². The number of carboxylic acids is 1. The van der Waals surface area contributed by atoms with E-state index in [4.69, 9.17) is 4.74 Å². The third kappa shape index (κ3) is 6.99. The van der Waals surface area contributed by atoms with Gasteiger partial charge in [-0.2, -0.15) is 13.2 Å². The predicted molar refractivity (Wildman–Crippen MR) is 168 cm³/mol. The number of rotatable bonds is 7. The molecule has 0 spiro atoms. The molecular formula is C35H45F4N3O4. The molecule has 11 heteroatoms. The van der Waals surface area contributed by atoms with Crippen molar-refractivity contribution in [3.63, 3.8) is 0 Å². The molecule has 0 aromatic heterocycles. The van der Waals surface area contributed by atoms with Gasteiger partial charge in [0.15, 0.2) is 0 Å². The highest BCUT2D eigenvalue weighted by Crippen LogP contribution is 2.45. The summed E-state index contributed by atoms with van der Waals surface area (Å²) < 4.78 is 64.0. The number of halogens is 4. The molecule has 252 valence electrons. The Bertz CT molecular complexity index is 1390. The van der Waals surface area contributed by atoms with Crippen LogP contribution in [0.1, 0.15) is 81.9 Å². The molecule has 3 saturated heterocycles. The van der Waals surface area contributed by atoms with Gasteiger partial charge >= 0.3 is 12.1 Å². The number of ether oxygens (including phenoxy) is 1. The van der Waals surface area contributed by atoms with E-state index in [0.29, 0.717) is 76.5 Å². The van der Waals surface area contributed by atoms with E-state index in [1.54, 1.807) is 17.0 Å². The molecule has 0 saturated carbocycles. The number of carboxylic acid groups (broad SMARTS) is 1. The molecule has 1 amide bonds. The molecule has 0 unspecified atom stereocenters. The summed E-state index contributed by atoms with van der Waals surface area (Å²) in [5.74, 6) is -2.04. The van der Waals surface area contributed by atoms with Crippen molar-refractivity contribution in [2.75, 3.05) is 50.8 Å². The number of amides is 1. The zero-order valence-electron chi connectivity index (χ0n) is 27.1. The summed E-state index contributed by atoms with van der Waals surface area (Å²) in [6.45, 7) is 10.1. The Morgan fingerprint density at radius 3 is 2.13 bits per heavy atom. The van der Waals surface area contributed by atoms with E-state index < -0.39 is 41.1 Å². The molecule has 2 aromatic carbocycles. The van der Waals surface area contributed by atoms with E-state index in [-0.39, 0.29) is 18.0 Å². The molecule has 0 radical (unpaired) electrons. The van der Waals surface area contributed by atoms with Crippen LogP contribution in [-0.2, 0) is 15.8 Å². The van der Waals surface area contributed by atoms with Crippen LogP contribution in [-0.4, -0.2) is 83.9 Å². The Kier molecular flexibility index (Phi) is 9.64. The normalized spacial score (nSPS) is 24.0. The molecule has 46 heavy (non-hydrogen) atoms. The largest absolute Gasteiger partial charge is 0.494 e. The van der Waals surface area contributed by atoms with E-state index in [1.165, 1.54) is 12.1 Å². The van der Waals surface area contributed by atoms with Crippen molar-refractivity contribution < 1.29 is 37.0 Å². The number of piperidine rings is 2. The second kappa shape index (κ2) is 13.0. The first-order valence-electron chi connectivity index (χ1n) is 16.3. The van der Waals surface area contributed by atoms with E-state index >= 15 is 4.39 Å². The number of carbonyl (C=O) groups is 2. The first kappa shape index (κ1) is 34.0. The van der Waals surface area contributed by atoms with E-state index in [9.17, 15) is 27.9 Å². The van der Waals surface area contributed by atoms with Crippen LogP contribution in [0.25, 0.3) is 0 Å². The van der Waals surface area contributed by atoms with Crippen LogP contribution in [0.15, 0.2) is 42.5 Å².